The minimum absolute atomic E-state index is 0.252. The van der Waals surface area contributed by atoms with E-state index in [-0.39, 0.29) is 4.90 Å². The highest BCUT2D eigenvalue weighted by Crippen LogP contribution is 2.27. The van der Waals surface area contributed by atoms with E-state index in [0.717, 1.165) is 30.7 Å². The van der Waals surface area contributed by atoms with Crippen molar-refractivity contribution in [3.8, 4) is 5.69 Å². The molecule has 1 aromatic carbocycles. The lowest BCUT2D eigenvalue weighted by atomic mass is 10.2. The van der Waals surface area contributed by atoms with Crippen LogP contribution in [0.2, 0.25) is 0 Å². The Labute approximate surface area is 191 Å². The molecule has 11 nitrogen and oxygen atoms in total. The maximum Gasteiger partial charge on any atom is 0.228 e. The average Bonchev–Trinajstić information content (AvgIpc) is 3.39. The first-order valence-electron chi connectivity index (χ1n) is 10.3. The van der Waals surface area contributed by atoms with Crippen molar-refractivity contribution in [2.24, 2.45) is 5.92 Å². The number of thioether (sulfide) groups is 1. The van der Waals surface area contributed by atoms with Crippen molar-refractivity contribution >= 4 is 27.5 Å². The summed E-state index contributed by atoms with van der Waals surface area (Å²) in [6, 6.07) is 6.49. The zero-order valence-corrected chi connectivity index (χ0v) is 19.9. The number of hydrogen-bond acceptors (Lipinski definition) is 10. The molecule has 1 saturated heterocycles. The fourth-order valence-corrected chi connectivity index (χ4v) is 4.85. The molecule has 3 heterocycles. The number of ether oxygens (including phenoxy) is 1. The Balaban J connectivity index is 1.53. The van der Waals surface area contributed by atoms with Gasteiger partial charge in [-0.2, -0.15) is 4.68 Å². The summed E-state index contributed by atoms with van der Waals surface area (Å²) in [5, 5.41) is 21.7. The van der Waals surface area contributed by atoms with Gasteiger partial charge in [0.2, 0.25) is 5.95 Å². The summed E-state index contributed by atoms with van der Waals surface area (Å²) in [6.45, 7) is 8.09. The third-order valence-corrected chi connectivity index (χ3v) is 7.00. The van der Waals surface area contributed by atoms with E-state index in [2.05, 4.69) is 49.0 Å². The number of benzene rings is 1. The highest BCUT2D eigenvalue weighted by atomic mass is 32.2. The molecule has 0 unspecified atom stereocenters. The van der Waals surface area contributed by atoms with Gasteiger partial charge in [-0.1, -0.05) is 25.6 Å². The Morgan fingerprint density at radius 2 is 1.81 bits per heavy atom. The highest BCUT2D eigenvalue weighted by molar-refractivity contribution is 7.98. The monoisotopic (exact) mass is 478 g/mol. The van der Waals surface area contributed by atoms with Gasteiger partial charge in [0.15, 0.2) is 20.8 Å². The van der Waals surface area contributed by atoms with Crippen LogP contribution in [-0.2, 0) is 26.9 Å². The summed E-state index contributed by atoms with van der Waals surface area (Å²) >= 11 is 1.52. The van der Waals surface area contributed by atoms with E-state index >= 15 is 0 Å². The van der Waals surface area contributed by atoms with Crippen LogP contribution in [0.4, 0.5) is 5.95 Å². The number of hydrogen-bond donors (Lipinski definition) is 0. The maximum atomic E-state index is 11.7. The van der Waals surface area contributed by atoms with E-state index in [0.29, 0.717) is 36.4 Å². The van der Waals surface area contributed by atoms with Crippen molar-refractivity contribution in [3.05, 3.63) is 30.1 Å². The van der Waals surface area contributed by atoms with Crippen LogP contribution in [0, 0.1) is 5.92 Å². The lowest BCUT2D eigenvalue weighted by Crippen LogP contribution is -2.38. The van der Waals surface area contributed by atoms with Crippen molar-refractivity contribution in [1.29, 1.82) is 0 Å². The van der Waals surface area contributed by atoms with E-state index in [4.69, 9.17) is 4.74 Å². The van der Waals surface area contributed by atoms with Gasteiger partial charge in [-0.05, 0) is 40.6 Å². The second-order valence-corrected chi connectivity index (χ2v) is 10.9. The number of anilines is 1. The van der Waals surface area contributed by atoms with Gasteiger partial charge in [-0.25, -0.2) is 8.42 Å². The number of morpholine rings is 1. The minimum Gasteiger partial charge on any atom is -0.378 e. The zero-order valence-electron chi connectivity index (χ0n) is 18.2. The SMILES string of the molecule is CC(C)Cn1c(SCc2nnnn2-c2ccc(S(C)(=O)=O)cc2)nnc1N1CCOCC1. The third kappa shape index (κ3) is 5.10. The van der Waals surface area contributed by atoms with Gasteiger partial charge in [0.25, 0.3) is 0 Å². The molecule has 2 aromatic heterocycles. The molecule has 0 bridgehead atoms. The largest absolute Gasteiger partial charge is 0.378 e. The summed E-state index contributed by atoms with van der Waals surface area (Å²) in [7, 11) is -3.26. The van der Waals surface area contributed by atoms with Crippen LogP contribution in [0.25, 0.3) is 5.69 Å². The molecule has 13 heteroatoms. The van der Waals surface area contributed by atoms with Crippen LogP contribution >= 0.6 is 11.8 Å². The second-order valence-electron chi connectivity index (χ2n) is 7.95. The number of sulfone groups is 1. The Morgan fingerprint density at radius 3 is 2.47 bits per heavy atom. The van der Waals surface area contributed by atoms with Gasteiger partial charge in [0.05, 0.1) is 29.5 Å². The standard InChI is InChI=1S/C19H26N8O3S2/c1-14(2)12-26-18(25-8-10-30-11-9-25)21-22-19(26)31-13-17-20-23-24-27(17)15-4-6-16(7-5-15)32(3,28)29/h4-7,14H,8-13H2,1-3H3. The second kappa shape index (κ2) is 9.55. The van der Waals surface area contributed by atoms with Gasteiger partial charge in [0, 0.05) is 25.9 Å². The summed E-state index contributed by atoms with van der Waals surface area (Å²) in [4.78, 5) is 2.46. The topological polar surface area (TPSA) is 121 Å². The average molecular weight is 479 g/mol. The molecule has 3 aromatic rings. The minimum atomic E-state index is -3.26. The molecular formula is C19H26N8O3S2. The Bertz CT molecular complexity index is 1150. The van der Waals surface area contributed by atoms with E-state index < -0.39 is 9.84 Å². The smallest absolute Gasteiger partial charge is 0.228 e. The van der Waals surface area contributed by atoms with Crippen LogP contribution < -0.4 is 4.90 Å². The Morgan fingerprint density at radius 1 is 1.09 bits per heavy atom. The summed E-state index contributed by atoms with van der Waals surface area (Å²) in [6.07, 6.45) is 1.18. The summed E-state index contributed by atoms with van der Waals surface area (Å²) in [5.41, 5.74) is 0.690. The molecule has 172 valence electrons. The fraction of sp³-hybridized carbons (Fsp3) is 0.526. The first-order valence-corrected chi connectivity index (χ1v) is 13.2. The summed E-state index contributed by atoms with van der Waals surface area (Å²) in [5.74, 6) is 2.42. The van der Waals surface area contributed by atoms with Crippen molar-refractivity contribution in [2.45, 2.75) is 36.2 Å². The van der Waals surface area contributed by atoms with Gasteiger partial charge in [-0.3, -0.25) is 4.57 Å². The molecular weight excluding hydrogens is 452 g/mol. The lowest BCUT2D eigenvalue weighted by Gasteiger charge is -2.28. The third-order valence-electron chi connectivity index (χ3n) is 4.91. The number of nitrogens with zero attached hydrogens (tertiary/aromatic N) is 8. The molecule has 0 spiro atoms. The first-order chi connectivity index (χ1) is 15.3. The predicted molar refractivity (Wildman–Crippen MR) is 120 cm³/mol. The molecule has 4 rings (SSSR count). The van der Waals surface area contributed by atoms with E-state index in [1.54, 1.807) is 28.9 Å². The van der Waals surface area contributed by atoms with E-state index in [9.17, 15) is 8.42 Å². The molecule has 1 aliphatic rings. The molecule has 0 radical (unpaired) electrons. The molecule has 0 aliphatic carbocycles. The first kappa shape index (κ1) is 22.7. The van der Waals surface area contributed by atoms with E-state index in [1.165, 1.54) is 18.0 Å². The molecule has 0 atom stereocenters. The van der Waals surface area contributed by atoms with Crippen LogP contribution in [0.3, 0.4) is 0 Å². The van der Waals surface area contributed by atoms with Crippen molar-refractivity contribution in [3.63, 3.8) is 0 Å². The normalized spacial score (nSPS) is 14.9. The van der Waals surface area contributed by atoms with Gasteiger partial charge in [-0.15, -0.1) is 15.3 Å². The fourth-order valence-electron chi connectivity index (χ4n) is 3.37. The van der Waals surface area contributed by atoms with Crippen LogP contribution in [0.5, 0.6) is 0 Å². The zero-order chi connectivity index (χ0) is 22.7. The molecule has 0 saturated carbocycles. The quantitative estimate of drug-likeness (QED) is 0.440. The van der Waals surface area contributed by atoms with Gasteiger partial charge in [0.1, 0.15) is 0 Å². The van der Waals surface area contributed by atoms with E-state index in [1.807, 2.05) is 0 Å². The van der Waals surface area contributed by atoms with Gasteiger partial charge < -0.3 is 9.64 Å². The maximum absolute atomic E-state index is 11.7. The Kier molecular flexibility index (Phi) is 6.76. The molecule has 0 N–H and O–H groups in total. The Hall–Kier alpha value is -2.51. The van der Waals surface area contributed by atoms with Crippen molar-refractivity contribution in [1.82, 2.24) is 35.0 Å². The summed E-state index contributed by atoms with van der Waals surface area (Å²) < 4.78 is 32.6. The molecule has 0 amide bonds. The number of aromatic nitrogens is 7. The van der Waals surface area contributed by atoms with Crippen LogP contribution in [-0.4, -0.2) is 75.9 Å². The van der Waals surface area contributed by atoms with Crippen LogP contribution in [0.15, 0.2) is 34.3 Å². The number of rotatable bonds is 8. The molecule has 1 fully saturated rings. The van der Waals surface area contributed by atoms with Crippen molar-refractivity contribution in [2.75, 3.05) is 37.5 Å². The molecule has 1 aliphatic heterocycles. The van der Waals surface area contributed by atoms with Crippen molar-refractivity contribution < 1.29 is 13.2 Å². The molecule has 32 heavy (non-hydrogen) atoms. The number of tetrazole rings is 1. The lowest BCUT2D eigenvalue weighted by molar-refractivity contribution is 0.121. The highest BCUT2D eigenvalue weighted by Gasteiger charge is 2.22. The van der Waals surface area contributed by atoms with Crippen LogP contribution in [0.1, 0.15) is 19.7 Å². The predicted octanol–water partition coefficient (Wildman–Crippen LogP) is 1.44. The van der Waals surface area contributed by atoms with Gasteiger partial charge >= 0.3 is 0 Å².